The van der Waals surface area contributed by atoms with Crippen LogP contribution >= 0.6 is 0 Å². The number of benzene rings is 1. The molecule has 2 rings (SSSR count). The molecule has 2 heteroatoms. The van der Waals surface area contributed by atoms with Gasteiger partial charge in [-0.3, -0.25) is 4.79 Å². The van der Waals surface area contributed by atoms with Crippen molar-refractivity contribution in [3.63, 3.8) is 0 Å². The molecule has 0 saturated heterocycles. The van der Waals surface area contributed by atoms with Crippen LogP contribution in [0.5, 0.6) is 0 Å². The molecule has 2 nitrogen and oxygen atoms in total. The molecule has 0 atom stereocenters. The van der Waals surface area contributed by atoms with Crippen LogP contribution in [0.15, 0.2) is 24.3 Å². The quantitative estimate of drug-likeness (QED) is 0.764. The first-order chi connectivity index (χ1) is 9.11. The summed E-state index contributed by atoms with van der Waals surface area (Å²) in [7, 11) is 1.68. The zero-order valence-electron chi connectivity index (χ0n) is 12.2. The first-order valence-corrected chi connectivity index (χ1v) is 7.30. The van der Waals surface area contributed by atoms with Gasteiger partial charge in [0.25, 0.3) is 0 Å². The van der Waals surface area contributed by atoms with Crippen molar-refractivity contribution in [2.24, 2.45) is 5.92 Å². The highest BCUT2D eigenvalue weighted by Crippen LogP contribution is 2.36. The van der Waals surface area contributed by atoms with Gasteiger partial charge in [0.05, 0.1) is 0 Å². The minimum atomic E-state index is -0.584. The molecular weight excluding hydrogens is 236 g/mol. The highest BCUT2D eigenvalue weighted by Gasteiger charge is 2.41. The summed E-state index contributed by atoms with van der Waals surface area (Å²) in [4.78, 5) is 12.8. The fourth-order valence-corrected chi connectivity index (χ4v) is 2.95. The minimum absolute atomic E-state index is 0.164. The van der Waals surface area contributed by atoms with E-state index in [9.17, 15) is 4.79 Å². The minimum Gasteiger partial charge on any atom is -0.370 e. The normalized spacial score (nSPS) is 27.2. The highest BCUT2D eigenvalue weighted by atomic mass is 16.5. The molecule has 1 aromatic rings. The second-order valence-corrected chi connectivity index (χ2v) is 5.76. The molecule has 0 bridgehead atoms. The van der Waals surface area contributed by atoms with Gasteiger partial charge in [0.15, 0.2) is 5.78 Å². The van der Waals surface area contributed by atoms with Gasteiger partial charge in [-0.1, -0.05) is 32.0 Å². The lowest BCUT2D eigenvalue weighted by atomic mass is 9.75. The Kier molecular flexibility index (Phi) is 4.41. The molecule has 1 fully saturated rings. The zero-order valence-corrected chi connectivity index (χ0v) is 12.2. The van der Waals surface area contributed by atoms with E-state index in [1.54, 1.807) is 7.11 Å². The highest BCUT2D eigenvalue weighted by molar-refractivity contribution is 6.02. The van der Waals surface area contributed by atoms with Crippen molar-refractivity contribution in [1.29, 1.82) is 0 Å². The molecule has 0 aromatic heterocycles. The molecule has 0 radical (unpaired) electrons. The van der Waals surface area contributed by atoms with Gasteiger partial charge in [-0.25, -0.2) is 0 Å². The van der Waals surface area contributed by atoms with Crippen molar-refractivity contribution in [2.45, 2.75) is 51.6 Å². The summed E-state index contributed by atoms with van der Waals surface area (Å²) < 4.78 is 5.67. The van der Waals surface area contributed by atoms with E-state index in [0.29, 0.717) is 5.92 Å². The standard InChI is InChI=1S/C17H24O2/c1-4-14-6-5-7-15(12-14)16(18)17(19-3)10-8-13(2)9-11-17/h5-7,12-13H,4,8-11H2,1-3H3. The Balaban J connectivity index is 2.25. The Labute approximate surface area is 116 Å². The van der Waals surface area contributed by atoms with Crippen LogP contribution in [0.3, 0.4) is 0 Å². The van der Waals surface area contributed by atoms with Gasteiger partial charge in [0.2, 0.25) is 0 Å². The predicted octanol–water partition coefficient (Wildman–Crippen LogP) is 4.03. The van der Waals surface area contributed by atoms with Crippen molar-refractivity contribution >= 4 is 5.78 Å². The number of carbonyl (C=O) groups excluding carboxylic acids is 1. The fraction of sp³-hybridized carbons (Fsp3) is 0.588. The van der Waals surface area contributed by atoms with Gasteiger partial charge in [0.1, 0.15) is 5.60 Å². The van der Waals surface area contributed by atoms with Gasteiger partial charge in [0, 0.05) is 12.7 Å². The van der Waals surface area contributed by atoms with E-state index < -0.39 is 5.60 Å². The smallest absolute Gasteiger partial charge is 0.194 e. The summed E-state index contributed by atoms with van der Waals surface area (Å²) in [6, 6.07) is 7.97. The number of Topliss-reactive ketones (excluding diaryl/α,β-unsaturated/α-hetero) is 1. The van der Waals surface area contributed by atoms with Gasteiger partial charge < -0.3 is 4.74 Å². The lowest BCUT2D eigenvalue weighted by Gasteiger charge is -2.37. The van der Waals surface area contributed by atoms with Crippen LogP contribution in [0.1, 0.15) is 55.5 Å². The topological polar surface area (TPSA) is 26.3 Å². The van der Waals surface area contributed by atoms with Crippen LogP contribution < -0.4 is 0 Å². The summed E-state index contributed by atoms with van der Waals surface area (Å²) in [6.45, 7) is 4.36. The number of ketones is 1. The molecule has 19 heavy (non-hydrogen) atoms. The van der Waals surface area contributed by atoms with Gasteiger partial charge in [-0.2, -0.15) is 0 Å². The SMILES string of the molecule is CCc1cccc(C(=O)C2(OC)CCC(C)CC2)c1. The lowest BCUT2D eigenvalue weighted by Crippen LogP contribution is -2.43. The maximum Gasteiger partial charge on any atom is 0.194 e. The lowest BCUT2D eigenvalue weighted by molar-refractivity contribution is -0.0263. The van der Waals surface area contributed by atoms with Crippen LogP contribution in [0.25, 0.3) is 0 Å². The molecule has 104 valence electrons. The number of carbonyl (C=O) groups is 1. The van der Waals surface area contributed by atoms with E-state index in [4.69, 9.17) is 4.74 Å². The molecule has 1 aromatic carbocycles. The largest absolute Gasteiger partial charge is 0.370 e. The van der Waals surface area contributed by atoms with Crippen molar-refractivity contribution in [3.05, 3.63) is 35.4 Å². The van der Waals surface area contributed by atoms with Crippen LogP contribution in [-0.4, -0.2) is 18.5 Å². The second kappa shape index (κ2) is 5.87. The van der Waals surface area contributed by atoms with Crippen LogP contribution in [0.2, 0.25) is 0 Å². The third-order valence-electron chi connectivity index (χ3n) is 4.48. The molecule has 0 heterocycles. The number of methoxy groups -OCH3 is 1. The molecule has 0 spiro atoms. The van der Waals surface area contributed by atoms with E-state index in [0.717, 1.165) is 37.7 Å². The Hall–Kier alpha value is -1.15. The molecule has 0 N–H and O–H groups in total. The number of ether oxygens (including phenoxy) is 1. The summed E-state index contributed by atoms with van der Waals surface area (Å²) in [5.41, 5.74) is 1.43. The molecule has 1 saturated carbocycles. The van der Waals surface area contributed by atoms with E-state index in [1.807, 2.05) is 18.2 Å². The maximum atomic E-state index is 12.8. The van der Waals surface area contributed by atoms with Crippen molar-refractivity contribution < 1.29 is 9.53 Å². The summed E-state index contributed by atoms with van der Waals surface area (Å²) in [5.74, 6) is 0.871. The number of aryl methyl sites for hydroxylation is 1. The van der Waals surface area contributed by atoms with Crippen molar-refractivity contribution in [3.8, 4) is 0 Å². The molecule has 0 amide bonds. The number of hydrogen-bond acceptors (Lipinski definition) is 2. The van der Waals surface area contributed by atoms with Crippen LogP contribution in [0, 0.1) is 5.92 Å². The van der Waals surface area contributed by atoms with E-state index in [1.165, 1.54) is 5.56 Å². The molecule has 1 aliphatic carbocycles. The van der Waals surface area contributed by atoms with Gasteiger partial charge in [-0.15, -0.1) is 0 Å². The van der Waals surface area contributed by atoms with Gasteiger partial charge in [-0.05, 0) is 49.7 Å². The van der Waals surface area contributed by atoms with Crippen LogP contribution in [0.4, 0.5) is 0 Å². The third-order valence-corrected chi connectivity index (χ3v) is 4.48. The zero-order chi connectivity index (χ0) is 13.9. The summed E-state index contributed by atoms with van der Waals surface area (Å²) in [6.07, 6.45) is 4.80. The average Bonchev–Trinajstić information content (AvgIpc) is 2.48. The Morgan fingerprint density at radius 1 is 1.37 bits per heavy atom. The summed E-state index contributed by atoms with van der Waals surface area (Å²) >= 11 is 0. The van der Waals surface area contributed by atoms with E-state index >= 15 is 0 Å². The van der Waals surface area contributed by atoms with Crippen LogP contribution in [-0.2, 0) is 11.2 Å². The molecule has 1 aliphatic rings. The fourth-order valence-electron chi connectivity index (χ4n) is 2.95. The van der Waals surface area contributed by atoms with Crippen molar-refractivity contribution in [2.75, 3.05) is 7.11 Å². The second-order valence-electron chi connectivity index (χ2n) is 5.76. The van der Waals surface area contributed by atoms with E-state index in [-0.39, 0.29) is 5.78 Å². The first kappa shape index (κ1) is 14.3. The predicted molar refractivity (Wildman–Crippen MR) is 77.5 cm³/mol. The third kappa shape index (κ3) is 2.89. The van der Waals surface area contributed by atoms with E-state index in [2.05, 4.69) is 19.9 Å². The molecule has 0 aliphatic heterocycles. The monoisotopic (exact) mass is 260 g/mol. The average molecular weight is 260 g/mol. The van der Waals surface area contributed by atoms with Crippen molar-refractivity contribution in [1.82, 2.24) is 0 Å². The maximum absolute atomic E-state index is 12.8. The number of rotatable bonds is 4. The summed E-state index contributed by atoms with van der Waals surface area (Å²) in [5, 5.41) is 0. The number of hydrogen-bond donors (Lipinski definition) is 0. The molecular formula is C17H24O2. The Morgan fingerprint density at radius 2 is 2.05 bits per heavy atom. The van der Waals surface area contributed by atoms with Gasteiger partial charge >= 0.3 is 0 Å². The Morgan fingerprint density at radius 3 is 2.63 bits per heavy atom. The molecule has 0 unspecified atom stereocenters. The Bertz CT molecular complexity index is 442. The first-order valence-electron chi connectivity index (χ1n) is 7.30.